The van der Waals surface area contributed by atoms with E-state index in [0.29, 0.717) is 24.5 Å². The predicted octanol–water partition coefficient (Wildman–Crippen LogP) is 1.57. The average molecular weight is 318 g/mol. The zero-order chi connectivity index (χ0) is 14.9. The van der Waals surface area contributed by atoms with Gasteiger partial charge in [-0.3, -0.25) is 0 Å². The molecule has 1 aromatic rings. The largest absolute Gasteiger partial charge is 0.373 e. The zero-order valence-electron chi connectivity index (χ0n) is 12.3. The maximum Gasteiger partial charge on any atom is 0.244 e. The molecule has 0 bridgehead atoms. The summed E-state index contributed by atoms with van der Waals surface area (Å²) in [5, 5.41) is 3.05. The number of hydrogen-bond donors (Lipinski definition) is 1. The van der Waals surface area contributed by atoms with Crippen LogP contribution in [0.15, 0.2) is 11.0 Å². The van der Waals surface area contributed by atoms with Gasteiger partial charge in [-0.15, -0.1) is 11.3 Å². The summed E-state index contributed by atoms with van der Waals surface area (Å²) in [7, 11) is -1.56. The molecule has 7 heteroatoms. The van der Waals surface area contributed by atoms with Crippen LogP contribution in [0.3, 0.4) is 0 Å². The standard InChI is InChI=1S/C13H22N2O3S2/c1-9-7-15(8-10(2)18-9)20(16,17)13-5-12(6-14-4)19-11(13)3/h5,9-10,14H,6-8H2,1-4H3/t9-,10+. The molecule has 1 N–H and O–H groups in total. The first-order valence-electron chi connectivity index (χ1n) is 6.74. The maximum absolute atomic E-state index is 12.8. The first-order valence-corrected chi connectivity index (χ1v) is 8.99. The summed E-state index contributed by atoms with van der Waals surface area (Å²) < 4.78 is 32.7. The highest BCUT2D eigenvalue weighted by atomic mass is 32.2. The zero-order valence-corrected chi connectivity index (χ0v) is 14.0. The quantitative estimate of drug-likeness (QED) is 0.915. The molecule has 0 radical (unpaired) electrons. The Labute approximate surface area is 125 Å². The van der Waals surface area contributed by atoms with Gasteiger partial charge in [0.25, 0.3) is 0 Å². The summed E-state index contributed by atoms with van der Waals surface area (Å²) >= 11 is 1.53. The average Bonchev–Trinajstić information content (AvgIpc) is 2.70. The Bertz CT molecular complexity index is 558. The van der Waals surface area contributed by atoms with Gasteiger partial charge < -0.3 is 10.1 Å². The van der Waals surface area contributed by atoms with Crippen molar-refractivity contribution in [3.8, 4) is 0 Å². The second kappa shape index (κ2) is 6.11. The van der Waals surface area contributed by atoms with Crippen LogP contribution in [0.2, 0.25) is 0 Å². The third-order valence-corrected chi connectivity index (χ3v) is 6.42. The molecule has 0 amide bonds. The highest BCUT2D eigenvalue weighted by Gasteiger charge is 2.33. The van der Waals surface area contributed by atoms with E-state index in [4.69, 9.17) is 4.74 Å². The van der Waals surface area contributed by atoms with Gasteiger partial charge in [0.15, 0.2) is 0 Å². The van der Waals surface area contributed by atoms with E-state index >= 15 is 0 Å². The molecule has 0 saturated carbocycles. The molecule has 20 heavy (non-hydrogen) atoms. The molecule has 0 unspecified atom stereocenters. The molecule has 0 aromatic carbocycles. The van der Waals surface area contributed by atoms with Gasteiger partial charge in [-0.1, -0.05) is 0 Å². The van der Waals surface area contributed by atoms with Crippen LogP contribution >= 0.6 is 11.3 Å². The first-order chi connectivity index (χ1) is 9.34. The van der Waals surface area contributed by atoms with Crippen LogP contribution in [0.1, 0.15) is 23.6 Å². The summed E-state index contributed by atoms with van der Waals surface area (Å²) in [5.74, 6) is 0. The fraction of sp³-hybridized carbons (Fsp3) is 0.692. The minimum absolute atomic E-state index is 0.0655. The number of ether oxygens (including phenoxy) is 1. The molecular weight excluding hydrogens is 296 g/mol. The fourth-order valence-corrected chi connectivity index (χ4v) is 5.71. The Morgan fingerprint density at radius 3 is 2.55 bits per heavy atom. The molecule has 1 aromatic heterocycles. The minimum Gasteiger partial charge on any atom is -0.373 e. The molecule has 0 aliphatic carbocycles. The number of sulfonamides is 1. The van der Waals surface area contributed by atoms with Gasteiger partial charge >= 0.3 is 0 Å². The second-order valence-corrected chi connectivity index (χ2v) is 8.49. The van der Waals surface area contributed by atoms with Gasteiger partial charge in [0.2, 0.25) is 10.0 Å². The molecule has 1 fully saturated rings. The van der Waals surface area contributed by atoms with Crippen molar-refractivity contribution in [2.45, 2.75) is 44.4 Å². The van der Waals surface area contributed by atoms with E-state index < -0.39 is 10.0 Å². The molecule has 1 aliphatic heterocycles. The number of thiophene rings is 1. The van der Waals surface area contributed by atoms with Crippen molar-refractivity contribution < 1.29 is 13.2 Å². The molecule has 2 heterocycles. The van der Waals surface area contributed by atoms with Crippen LogP contribution in [-0.2, 0) is 21.3 Å². The number of aryl methyl sites for hydroxylation is 1. The Morgan fingerprint density at radius 2 is 2.00 bits per heavy atom. The summed E-state index contributed by atoms with van der Waals surface area (Å²) in [6, 6.07) is 1.79. The van der Waals surface area contributed by atoms with Gasteiger partial charge in [-0.05, 0) is 33.9 Å². The summed E-state index contributed by atoms with van der Waals surface area (Å²) in [5.41, 5.74) is 0. The first kappa shape index (κ1) is 15.9. The predicted molar refractivity (Wildman–Crippen MR) is 80.6 cm³/mol. The van der Waals surface area contributed by atoms with Crippen molar-refractivity contribution in [3.63, 3.8) is 0 Å². The molecule has 114 valence electrons. The lowest BCUT2D eigenvalue weighted by Gasteiger charge is -2.34. The third kappa shape index (κ3) is 3.23. The van der Waals surface area contributed by atoms with Crippen molar-refractivity contribution >= 4 is 21.4 Å². The van der Waals surface area contributed by atoms with Crippen LogP contribution < -0.4 is 5.32 Å². The number of hydrogen-bond acceptors (Lipinski definition) is 5. The summed E-state index contributed by atoms with van der Waals surface area (Å²) in [6.07, 6.45) is -0.131. The summed E-state index contributed by atoms with van der Waals surface area (Å²) in [6.45, 7) is 7.21. The van der Waals surface area contributed by atoms with E-state index in [9.17, 15) is 8.42 Å². The lowest BCUT2D eigenvalue weighted by atomic mass is 10.3. The highest BCUT2D eigenvalue weighted by molar-refractivity contribution is 7.89. The molecular formula is C13H22N2O3S2. The topological polar surface area (TPSA) is 58.6 Å². The van der Waals surface area contributed by atoms with Crippen molar-refractivity contribution in [1.29, 1.82) is 0 Å². The van der Waals surface area contributed by atoms with Crippen LogP contribution in [0, 0.1) is 6.92 Å². The lowest BCUT2D eigenvalue weighted by Crippen LogP contribution is -2.48. The van der Waals surface area contributed by atoms with E-state index in [0.717, 1.165) is 9.75 Å². The van der Waals surface area contributed by atoms with Crippen molar-refractivity contribution in [3.05, 3.63) is 15.8 Å². The second-order valence-electron chi connectivity index (χ2n) is 5.24. The van der Waals surface area contributed by atoms with E-state index in [2.05, 4.69) is 5.32 Å². The number of rotatable bonds is 4. The molecule has 2 atom stereocenters. The maximum atomic E-state index is 12.8. The molecule has 2 rings (SSSR count). The van der Waals surface area contributed by atoms with Crippen molar-refractivity contribution in [2.75, 3.05) is 20.1 Å². The fourth-order valence-electron chi connectivity index (χ4n) is 2.51. The number of morpholine rings is 1. The Kier molecular flexibility index (Phi) is 4.86. The van der Waals surface area contributed by atoms with Crippen LogP contribution in [0.4, 0.5) is 0 Å². The van der Waals surface area contributed by atoms with Gasteiger partial charge in [-0.2, -0.15) is 4.31 Å². The number of nitrogens with zero attached hydrogens (tertiary/aromatic N) is 1. The van der Waals surface area contributed by atoms with Gasteiger partial charge in [0.05, 0.1) is 17.1 Å². The minimum atomic E-state index is -3.42. The molecule has 0 spiro atoms. The Morgan fingerprint density at radius 1 is 1.40 bits per heavy atom. The highest BCUT2D eigenvalue weighted by Crippen LogP contribution is 2.29. The Hall–Kier alpha value is -0.470. The molecule has 5 nitrogen and oxygen atoms in total. The van der Waals surface area contributed by atoms with E-state index in [-0.39, 0.29) is 12.2 Å². The third-order valence-electron chi connectivity index (χ3n) is 3.28. The smallest absolute Gasteiger partial charge is 0.244 e. The normalized spacial score (nSPS) is 25.0. The van der Waals surface area contributed by atoms with Crippen molar-refractivity contribution in [1.82, 2.24) is 9.62 Å². The Balaban J connectivity index is 2.30. The van der Waals surface area contributed by atoms with Gasteiger partial charge in [0, 0.05) is 29.4 Å². The van der Waals surface area contributed by atoms with Gasteiger partial charge in [0.1, 0.15) is 0 Å². The van der Waals surface area contributed by atoms with Gasteiger partial charge in [-0.25, -0.2) is 8.42 Å². The monoisotopic (exact) mass is 318 g/mol. The van der Waals surface area contributed by atoms with E-state index in [1.54, 1.807) is 10.4 Å². The summed E-state index contributed by atoms with van der Waals surface area (Å²) in [4.78, 5) is 2.33. The molecule has 1 aliphatic rings. The van der Waals surface area contributed by atoms with Crippen LogP contribution in [-0.4, -0.2) is 45.1 Å². The van der Waals surface area contributed by atoms with Crippen molar-refractivity contribution in [2.24, 2.45) is 0 Å². The SMILES string of the molecule is CNCc1cc(S(=O)(=O)N2C[C@@H](C)O[C@@H](C)C2)c(C)s1. The lowest BCUT2D eigenvalue weighted by molar-refractivity contribution is -0.0440. The van der Waals surface area contributed by atoms with Crippen LogP contribution in [0.25, 0.3) is 0 Å². The van der Waals surface area contributed by atoms with E-state index in [1.807, 2.05) is 27.8 Å². The molecule has 1 saturated heterocycles. The van der Waals surface area contributed by atoms with Crippen LogP contribution in [0.5, 0.6) is 0 Å². The number of nitrogens with one attached hydrogen (secondary N) is 1. The van der Waals surface area contributed by atoms with E-state index in [1.165, 1.54) is 11.3 Å².